The van der Waals surface area contributed by atoms with E-state index in [9.17, 15) is 4.79 Å². The maximum absolute atomic E-state index is 10.8. The van der Waals surface area contributed by atoms with E-state index in [0.717, 1.165) is 0 Å². The standard InChI is InChI=1S/C10H17NO2S/c1-10(7-4-2-3-5-7)11-8(6-14-10)9(12)13/h7-8,11H,2-6H2,1H3,(H,12,13)/t8-,10?/m1/s1. The Labute approximate surface area is 88.6 Å². The highest BCUT2D eigenvalue weighted by atomic mass is 32.2. The van der Waals surface area contributed by atoms with Gasteiger partial charge in [0.25, 0.3) is 0 Å². The topological polar surface area (TPSA) is 49.3 Å². The first-order valence-electron chi connectivity index (χ1n) is 5.26. The number of rotatable bonds is 2. The Balaban J connectivity index is 2.00. The molecule has 2 N–H and O–H groups in total. The van der Waals surface area contributed by atoms with Crippen molar-refractivity contribution < 1.29 is 9.90 Å². The molecule has 2 aliphatic rings. The van der Waals surface area contributed by atoms with Crippen molar-refractivity contribution in [3.05, 3.63) is 0 Å². The van der Waals surface area contributed by atoms with Crippen LogP contribution in [0.25, 0.3) is 0 Å². The van der Waals surface area contributed by atoms with Crippen LogP contribution >= 0.6 is 11.8 Å². The lowest BCUT2D eigenvalue weighted by atomic mass is 9.98. The lowest BCUT2D eigenvalue weighted by molar-refractivity contribution is -0.139. The van der Waals surface area contributed by atoms with Gasteiger partial charge in [-0.15, -0.1) is 11.8 Å². The number of thioether (sulfide) groups is 1. The smallest absolute Gasteiger partial charge is 0.321 e. The Bertz CT molecular complexity index is 240. The molecule has 2 atom stereocenters. The number of hydrogen-bond donors (Lipinski definition) is 2. The van der Waals surface area contributed by atoms with Gasteiger partial charge in [-0.25, -0.2) is 0 Å². The maximum Gasteiger partial charge on any atom is 0.321 e. The van der Waals surface area contributed by atoms with Crippen LogP contribution in [0.2, 0.25) is 0 Å². The maximum atomic E-state index is 10.8. The van der Waals surface area contributed by atoms with Crippen LogP contribution in [0.1, 0.15) is 32.6 Å². The van der Waals surface area contributed by atoms with Crippen molar-refractivity contribution in [1.82, 2.24) is 5.32 Å². The fourth-order valence-corrected chi connectivity index (χ4v) is 3.97. The van der Waals surface area contributed by atoms with Crippen molar-refractivity contribution in [2.75, 3.05) is 5.75 Å². The molecular formula is C10H17NO2S. The average molecular weight is 215 g/mol. The molecule has 0 bridgehead atoms. The third-order valence-corrected chi connectivity index (χ3v) is 4.99. The molecule has 1 unspecified atom stereocenters. The van der Waals surface area contributed by atoms with E-state index in [4.69, 9.17) is 5.11 Å². The van der Waals surface area contributed by atoms with E-state index < -0.39 is 5.97 Å². The minimum atomic E-state index is -0.709. The van der Waals surface area contributed by atoms with E-state index in [2.05, 4.69) is 12.2 Å². The molecule has 1 heterocycles. The zero-order valence-corrected chi connectivity index (χ0v) is 9.27. The first-order chi connectivity index (χ1) is 6.62. The van der Waals surface area contributed by atoms with E-state index >= 15 is 0 Å². The third kappa shape index (κ3) is 1.77. The summed E-state index contributed by atoms with van der Waals surface area (Å²) in [6, 6.07) is -0.342. The third-order valence-electron chi connectivity index (χ3n) is 3.44. The number of carbonyl (C=O) groups is 1. The van der Waals surface area contributed by atoms with Gasteiger partial charge in [0, 0.05) is 5.75 Å². The number of aliphatic carboxylic acids is 1. The van der Waals surface area contributed by atoms with E-state index in [1.54, 1.807) is 11.8 Å². The fourth-order valence-electron chi connectivity index (χ4n) is 2.53. The summed E-state index contributed by atoms with van der Waals surface area (Å²) in [6.07, 6.45) is 5.12. The molecule has 0 aromatic rings. The number of carboxylic acids is 1. The Morgan fingerprint density at radius 2 is 2.14 bits per heavy atom. The number of hydrogen-bond acceptors (Lipinski definition) is 3. The molecule has 0 aromatic carbocycles. The molecule has 2 fully saturated rings. The van der Waals surface area contributed by atoms with Crippen LogP contribution in [0.5, 0.6) is 0 Å². The van der Waals surface area contributed by atoms with Gasteiger partial charge in [0.05, 0.1) is 4.87 Å². The first kappa shape index (κ1) is 10.3. The fraction of sp³-hybridized carbons (Fsp3) is 0.900. The monoisotopic (exact) mass is 215 g/mol. The second kappa shape index (κ2) is 3.74. The zero-order valence-electron chi connectivity index (χ0n) is 8.45. The minimum Gasteiger partial charge on any atom is -0.480 e. The summed E-state index contributed by atoms with van der Waals surface area (Å²) in [6.45, 7) is 2.16. The summed E-state index contributed by atoms with van der Waals surface area (Å²) in [5.41, 5.74) is 0. The van der Waals surface area contributed by atoms with Crippen LogP contribution in [0, 0.1) is 5.92 Å². The van der Waals surface area contributed by atoms with E-state index in [0.29, 0.717) is 11.7 Å². The van der Waals surface area contributed by atoms with Gasteiger partial charge in [0.1, 0.15) is 6.04 Å². The molecule has 1 saturated heterocycles. The summed E-state index contributed by atoms with van der Waals surface area (Å²) in [4.78, 5) is 10.8. The molecule has 0 radical (unpaired) electrons. The Morgan fingerprint density at radius 3 is 2.64 bits per heavy atom. The molecule has 14 heavy (non-hydrogen) atoms. The highest BCUT2D eigenvalue weighted by Gasteiger charge is 2.44. The summed E-state index contributed by atoms with van der Waals surface area (Å²) in [7, 11) is 0. The second-order valence-corrected chi connectivity index (χ2v) is 5.90. The van der Waals surface area contributed by atoms with E-state index in [-0.39, 0.29) is 10.9 Å². The zero-order chi connectivity index (χ0) is 10.2. The van der Waals surface area contributed by atoms with Crippen molar-refractivity contribution in [2.24, 2.45) is 5.92 Å². The molecule has 1 saturated carbocycles. The lowest BCUT2D eigenvalue weighted by Crippen LogP contribution is -2.47. The van der Waals surface area contributed by atoms with Crippen LogP contribution in [-0.2, 0) is 4.79 Å². The molecular weight excluding hydrogens is 198 g/mol. The molecule has 0 spiro atoms. The van der Waals surface area contributed by atoms with Crippen molar-refractivity contribution in [1.29, 1.82) is 0 Å². The largest absolute Gasteiger partial charge is 0.480 e. The Hall–Kier alpha value is -0.220. The molecule has 1 aliphatic heterocycles. The SMILES string of the molecule is CC1(C2CCCC2)N[C@@H](C(=O)O)CS1. The van der Waals surface area contributed by atoms with Gasteiger partial charge in [0.15, 0.2) is 0 Å². The predicted molar refractivity (Wildman–Crippen MR) is 57.4 cm³/mol. The number of nitrogens with one attached hydrogen (secondary N) is 1. The quantitative estimate of drug-likeness (QED) is 0.736. The van der Waals surface area contributed by atoms with Crippen LogP contribution in [-0.4, -0.2) is 27.7 Å². The minimum absolute atomic E-state index is 0.0134. The van der Waals surface area contributed by atoms with Crippen molar-refractivity contribution in [3.8, 4) is 0 Å². The summed E-state index contributed by atoms with van der Waals surface area (Å²) in [5, 5.41) is 12.2. The molecule has 2 rings (SSSR count). The normalized spacial score (nSPS) is 39.1. The molecule has 80 valence electrons. The van der Waals surface area contributed by atoms with Gasteiger partial charge in [0.2, 0.25) is 0 Å². The van der Waals surface area contributed by atoms with Gasteiger partial charge in [-0.2, -0.15) is 0 Å². The van der Waals surface area contributed by atoms with Crippen molar-refractivity contribution in [3.63, 3.8) is 0 Å². The number of carboxylic acid groups (broad SMARTS) is 1. The second-order valence-electron chi connectivity index (χ2n) is 4.43. The first-order valence-corrected chi connectivity index (χ1v) is 6.25. The highest BCUT2D eigenvalue weighted by molar-refractivity contribution is 8.00. The molecule has 3 nitrogen and oxygen atoms in total. The predicted octanol–water partition coefficient (Wildman–Crippen LogP) is 1.68. The van der Waals surface area contributed by atoms with Gasteiger partial charge in [-0.3, -0.25) is 10.1 Å². The molecule has 0 amide bonds. The van der Waals surface area contributed by atoms with Crippen LogP contribution < -0.4 is 5.32 Å². The highest BCUT2D eigenvalue weighted by Crippen LogP contribution is 2.44. The lowest BCUT2D eigenvalue weighted by Gasteiger charge is -2.31. The average Bonchev–Trinajstić information content (AvgIpc) is 2.71. The Morgan fingerprint density at radius 1 is 1.50 bits per heavy atom. The summed E-state index contributed by atoms with van der Waals surface area (Å²) < 4.78 is 0. The molecule has 0 aromatic heterocycles. The van der Waals surface area contributed by atoms with Crippen LogP contribution in [0.4, 0.5) is 0 Å². The van der Waals surface area contributed by atoms with Gasteiger partial charge in [-0.1, -0.05) is 12.8 Å². The van der Waals surface area contributed by atoms with Gasteiger partial charge < -0.3 is 5.11 Å². The van der Waals surface area contributed by atoms with Gasteiger partial charge >= 0.3 is 5.97 Å². The van der Waals surface area contributed by atoms with Crippen molar-refractivity contribution >= 4 is 17.7 Å². The molecule has 1 aliphatic carbocycles. The van der Waals surface area contributed by atoms with E-state index in [1.165, 1.54) is 25.7 Å². The summed E-state index contributed by atoms with van der Waals surface area (Å²) >= 11 is 1.79. The summed E-state index contributed by atoms with van der Waals surface area (Å²) in [5.74, 6) is 0.665. The van der Waals surface area contributed by atoms with Crippen LogP contribution in [0.15, 0.2) is 0 Å². The molecule has 4 heteroatoms. The Kier molecular flexibility index (Phi) is 2.75. The van der Waals surface area contributed by atoms with E-state index in [1.807, 2.05) is 0 Å². The van der Waals surface area contributed by atoms with Crippen molar-refractivity contribution in [2.45, 2.75) is 43.5 Å². The van der Waals surface area contributed by atoms with Gasteiger partial charge in [-0.05, 0) is 25.7 Å². The van der Waals surface area contributed by atoms with Crippen LogP contribution in [0.3, 0.4) is 0 Å².